The number of ether oxygens (including phenoxy) is 1. The molecule has 1 unspecified atom stereocenters. The molecule has 0 fully saturated rings. The van der Waals surface area contributed by atoms with Crippen LogP contribution in [0, 0.1) is 0 Å². The average Bonchev–Trinajstić information content (AvgIpc) is 2.27. The highest BCUT2D eigenvalue weighted by molar-refractivity contribution is 5.39. The quantitative estimate of drug-likeness (QED) is 0.693. The molecular formula is C13H18O. The second-order valence-corrected chi connectivity index (χ2v) is 4.06. The fourth-order valence-corrected chi connectivity index (χ4v) is 2.44. The van der Waals surface area contributed by atoms with Gasteiger partial charge in [-0.05, 0) is 54.9 Å². The number of aryl methyl sites for hydroxylation is 1. The minimum Gasteiger partial charge on any atom is -0.497 e. The van der Waals surface area contributed by atoms with Gasteiger partial charge in [0.15, 0.2) is 0 Å². The Balaban J connectivity index is 2.35. The molecule has 1 aliphatic carbocycles. The van der Waals surface area contributed by atoms with Gasteiger partial charge in [-0.25, -0.2) is 0 Å². The molecule has 0 saturated heterocycles. The minimum absolute atomic E-state index is 0.782. The van der Waals surface area contributed by atoms with Crippen LogP contribution in [-0.2, 0) is 6.42 Å². The minimum atomic E-state index is 0.782. The lowest BCUT2D eigenvalue weighted by Gasteiger charge is -2.24. The molecule has 0 spiro atoms. The molecular weight excluding hydrogens is 172 g/mol. The molecule has 1 aliphatic rings. The third-order valence-electron chi connectivity index (χ3n) is 3.28. The van der Waals surface area contributed by atoms with Crippen LogP contribution in [0.3, 0.4) is 0 Å². The molecule has 0 bridgehead atoms. The molecule has 0 aliphatic heterocycles. The molecule has 1 aromatic rings. The molecule has 0 heterocycles. The summed E-state index contributed by atoms with van der Waals surface area (Å²) in [4.78, 5) is 0. The van der Waals surface area contributed by atoms with Gasteiger partial charge in [0.05, 0.1) is 7.11 Å². The van der Waals surface area contributed by atoms with Crippen LogP contribution in [-0.4, -0.2) is 7.11 Å². The van der Waals surface area contributed by atoms with Gasteiger partial charge in [-0.1, -0.05) is 13.0 Å². The van der Waals surface area contributed by atoms with Gasteiger partial charge in [-0.3, -0.25) is 0 Å². The molecule has 0 saturated carbocycles. The van der Waals surface area contributed by atoms with Crippen molar-refractivity contribution < 1.29 is 4.74 Å². The van der Waals surface area contributed by atoms with Gasteiger partial charge in [0.2, 0.25) is 0 Å². The summed E-state index contributed by atoms with van der Waals surface area (Å²) < 4.78 is 5.25. The van der Waals surface area contributed by atoms with E-state index < -0.39 is 0 Å². The van der Waals surface area contributed by atoms with Crippen LogP contribution >= 0.6 is 0 Å². The Morgan fingerprint density at radius 3 is 3.00 bits per heavy atom. The highest BCUT2D eigenvalue weighted by atomic mass is 16.5. The van der Waals surface area contributed by atoms with E-state index in [9.17, 15) is 0 Å². The number of benzene rings is 1. The third-order valence-corrected chi connectivity index (χ3v) is 3.28. The van der Waals surface area contributed by atoms with Crippen LogP contribution in [0.15, 0.2) is 18.2 Å². The van der Waals surface area contributed by atoms with Crippen LogP contribution in [0.4, 0.5) is 0 Å². The zero-order chi connectivity index (χ0) is 9.97. The first-order chi connectivity index (χ1) is 6.85. The zero-order valence-corrected chi connectivity index (χ0v) is 9.05. The van der Waals surface area contributed by atoms with E-state index in [1.54, 1.807) is 12.7 Å². The second-order valence-electron chi connectivity index (χ2n) is 4.06. The zero-order valence-electron chi connectivity index (χ0n) is 9.05. The Hall–Kier alpha value is -0.980. The Morgan fingerprint density at radius 2 is 2.29 bits per heavy atom. The van der Waals surface area contributed by atoms with E-state index >= 15 is 0 Å². The number of rotatable bonds is 2. The van der Waals surface area contributed by atoms with Crippen molar-refractivity contribution in [3.63, 3.8) is 0 Å². The summed E-state index contributed by atoms with van der Waals surface area (Å²) in [5.74, 6) is 1.78. The summed E-state index contributed by atoms with van der Waals surface area (Å²) in [5.41, 5.74) is 3.06. The maximum atomic E-state index is 5.25. The molecule has 1 heteroatoms. The van der Waals surface area contributed by atoms with Crippen molar-refractivity contribution in [3.8, 4) is 5.75 Å². The summed E-state index contributed by atoms with van der Waals surface area (Å²) in [5, 5.41) is 0. The van der Waals surface area contributed by atoms with Crippen LogP contribution in [0.2, 0.25) is 0 Å². The summed E-state index contributed by atoms with van der Waals surface area (Å²) >= 11 is 0. The first-order valence-electron chi connectivity index (χ1n) is 5.52. The van der Waals surface area contributed by atoms with Gasteiger partial charge >= 0.3 is 0 Å². The van der Waals surface area contributed by atoms with Gasteiger partial charge in [-0.15, -0.1) is 0 Å². The van der Waals surface area contributed by atoms with Crippen molar-refractivity contribution in [2.24, 2.45) is 0 Å². The van der Waals surface area contributed by atoms with Gasteiger partial charge in [-0.2, -0.15) is 0 Å². The van der Waals surface area contributed by atoms with Crippen molar-refractivity contribution in [2.45, 2.75) is 38.5 Å². The summed E-state index contributed by atoms with van der Waals surface area (Å²) in [6, 6.07) is 6.55. The smallest absolute Gasteiger partial charge is 0.119 e. The average molecular weight is 190 g/mol. The highest BCUT2D eigenvalue weighted by Crippen LogP contribution is 2.35. The first kappa shape index (κ1) is 9.57. The lowest BCUT2D eigenvalue weighted by Crippen LogP contribution is -2.08. The number of hydrogen-bond donors (Lipinski definition) is 0. The predicted molar refractivity (Wildman–Crippen MR) is 59.0 cm³/mol. The second kappa shape index (κ2) is 4.04. The maximum Gasteiger partial charge on any atom is 0.119 e. The molecule has 76 valence electrons. The highest BCUT2D eigenvalue weighted by Gasteiger charge is 2.18. The Bertz CT molecular complexity index is 317. The van der Waals surface area contributed by atoms with Gasteiger partial charge in [0.1, 0.15) is 5.75 Å². The largest absolute Gasteiger partial charge is 0.497 e. The molecule has 0 radical (unpaired) electrons. The SMILES string of the molecule is CCC1CCCc2cc(OC)ccc21. The number of methoxy groups -OCH3 is 1. The molecule has 14 heavy (non-hydrogen) atoms. The Kier molecular flexibility index (Phi) is 2.76. The van der Waals surface area contributed by atoms with Crippen LogP contribution in [0.25, 0.3) is 0 Å². The van der Waals surface area contributed by atoms with Gasteiger partial charge in [0, 0.05) is 0 Å². The van der Waals surface area contributed by atoms with E-state index in [1.807, 2.05) is 0 Å². The fraction of sp³-hybridized carbons (Fsp3) is 0.538. The molecule has 1 atom stereocenters. The standard InChI is InChI=1S/C13H18O/c1-3-10-5-4-6-11-9-12(14-2)7-8-13(10)11/h7-10H,3-6H2,1-2H3. The predicted octanol–water partition coefficient (Wildman–Crippen LogP) is 3.53. The lowest BCUT2D eigenvalue weighted by atomic mass is 9.81. The lowest BCUT2D eigenvalue weighted by molar-refractivity contribution is 0.412. The van der Waals surface area contributed by atoms with Gasteiger partial charge < -0.3 is 4.74 Å². The molecule has 1 nitrogen and oxygen atoms in total. The van der Waals surface area contributed by atoms with Crippen molar-refractivity contribution in [2.75, 3.05) is 7.11 Å². The van der Waals surface area contributed by atoms with Crippen LogP contribution in [0.1, 0.15) is 43.2 Å². The summed E-state index contributed by atoms with van der Waals surface area (Å²) in [6.07, 6.45) is 5.18. The topological polar surface area (TPSA) is 9.23 Å². The van der Waals surface area contributed by atoms with E-state index in [1.165, 1.54) is 31.2 Å². The molecule has 2 rings (SSSR count). The summed E-state index contributed by atoms with van der Waals surface area (Å²) in [7, 11) is 1.74. The van der Waals surface area contributed by atoms with E-state index in [0.717, 1.165) is 11.7 Å². The van der Waals surface area contributed by atoms with Crippen molar-refractivity contribution in [3.05, 3.63) is 29.3 Å². The molecule has 0 aromatic heterocycles. The van der Waals surface area contributed by atoms with Gasteiger partial charge in [0.25, 0.3) is 0 Å². The normalized spacial score (nSPS) is 20.3. The summed E-state index contributed by atoms with van der Waals surface area (Å²) in [6.45, 7) is 2.28. The maximum absolute atomic E-state index is 5.25. The van der Waals surface area contributed by atoms with E-state index in [2.05, 4.69) is 25.1 Å². The number of hydrogen-bond acceptors (Lipinski definition) is 1. The molecule has 0 N–H and O–H groups in total. The van der Waals surface area contributed by atoms with Crippen LogP contribution in [0.5, 0.6) is 5.75 Å². The van der Waals surface area contributed by atoms with E-state index in [4.69, 9.17) is 4.74 Å². The first-order valence-corrected chi connectivity index (χ1v) is 5.52. The van der Waals surface area contributed by atoms with E-state index in [0.29, 0.717) is 0 Å². The fourth-order valence-electron chi connectivity index (χ4n) is 2.44. The van der Waals surface area contributed by atoms with E-state index in [-0.39, 0.29) is 0 Å². The van der Waals surface area contributed by atoms with Crippen molar-refractivity contribution in [1.29, 1.82) is 0 Å². The monoisotopic (exact) mass is 190 g/mol. The number of fused-ring (bicyclic) bond motifs is 1. The van der Waals surface area contributed by atoms with Crippen molar-refractivity contribution in [1.82, 2.24) is 0 Å². The Labute approximate surface area is 86.1 Å². The van der Waals surface area contributed by atoms with Crippen molar-refractivity contribution >= 4 is 0 Å². The molecule has 0 amide bonds. The molecule has 1 aromatic carbocycles. The Morgan fingerprint density at radius 1 is 1.43 bits per heavy atom. The van der Waals surface area contributed by atoms with Crippen LogP contribution < -0.4 is 4.74 Å². The third kappa shape index (κ3) is 1.63.